The Morgan fingerprint density at radius 1 is 1.43 bits per heavy atom. The molecule has 1 heterocycles. The number of rotatable bonds is 8. The SMILES string of the molecule is CCCN(CC(=O)OC)c1c([N+](=O)[O-])c(C)nn1CCC. The molecule has 1 rings (SSSR count). The molecule has 8 nitrogen and oxygen atoms in total. The number of hydrogen-bond donors (Lipinski definition) is 0. The molecule has 0 fully saturated rings. The van der Waals surface area contributed by atoms with Crippen molar-refractivity contribution in [1.29, 1.82) is 0 Å². The minimum atomic E-state index is -0.441. The van der Waals surface area contributed by atoms with Gasteiger partial charge in [0, 0.05) is 13.1 Å². The number of anilines is 1. The van der Waals surface area contributed by atoms with Gasteiger partial charge in [0.1, 0.15) is 12.2 Å². The fourth-order valence-corrected chi connectivity index (χ4v) is 2.20. The van der Waals surface area contributed by atoms with Crippen LogP contribution in [0.4, 0.5) is 11.5 Å². The van der Waals surface area contributed by atoms with E-state index in [1.54, 1.807) is 16.5 Å². The van der Waals surface area contributed by atoms with Crippen molar-refractivity contribution in [2.24, 2.45) is 0 Å². The number of hydrogen-bond acceptors (Lipinski definition) is 6. The molecule has 1 aromatic heterocycles. The molecule has 0 saturated carbocycles. The molecule has 0 amide bonds. The average Bonchev–Trinajstić information content (AvgIpc) is 2.75. The summed E-state index contributed by atoms with van der Waals surface area (Å²) in [5, 5.41) is 15.6. The zero-order valence-corrected chi connectivity index (χ0v) is 13.0. The maximum absolute atomic E-state index is 11.6. The number of aromatic nitrogens is 2. The summed E-state index contributed by atoms with van der Waals surface area (Å²) in [6.45, 7) is 6.58. The van der Waals surface area contributed by atoms with Gasteiger partial charge in [-0.15, -0.1) is 0 Å². The first-order chi connectivity index (χ1) is 9.96. The van der Waals surface area contributed by atoms with Crippen LogP contribution in [-0.2, 0) is 16.1 Å². The molecule has 0 unspecified atom stereocenters. The zero-order chi connectivity index (χ0) is 16.0. The molecule has 0 aliphatic rings. The Hall–Kier alpha value is -2.12. The van der Waals surface area contributed by atoms with Crippen molar-refractivity contribution in [3.05, 3.63) is 15.8 Å². The van der Waals surface area contributed by atoms with E-state index in [0.717, 1.165) is 12.8 Å². The molecule has 1 aromatic rings. The van der Waals surface area contributed by atoms with Crippen molar-refractivity contribution in [3.8, 4) is 0 Å². The lowest BCUT2D eigenvalue weighted by Gasteiger charge is -2.22. The summed E-state index contributed by atoms with van der Waals surface area (Å²) in [6, 6.07) is 0. The van der Waals surface area contributed by atoms with Crippen LogP contribution in [0.2, 0.25) is 0 Å². The van der Waals surface area contributed by atoms with Gasteiger partial charge in [0.05, 0.1) is 12.0 Å². The molecule has 21 heavy (non-hydrogen) atoms. The maximum atomic E-state index is 11.6. The van der Waals surface area contributed by atoms with Crippen molar-refractivity contribution < 1.29 is 14.5 Å². The highest BCUT2D eigenvalue weighted by Crippen LogP contribution is 2.32. The van der Waals surface area contributed by atoms with Crippen molar-refractivity contribution in [2.75, 3.05) is 25.1 Å². The fourth-order valence-electron chi connectivity index (χ4n) is 2.20. The van der Waals surface area contributed by atoms with Crippen molar-refractivity contribution in [1.82, 2.24) is 9.78 Å². The number of esters is 1. The van der Waals surface area contributed by atoms with Gasteiger partial charge >= 0.3 is 11.7 Å². The van der Waals surface area contributed by atoms with Crippen LogP contribution >= 0.6 is 0 Å². The molecular formula is C13H22N4O4. The first-order valence-corrected chi connectivity index (χ1v) is 6.99. The third kappa shape index (κ3) is 3.93. The Kier molecular flexibility index (Phi) is 6.13. The van der Waals surface area contributed by atoms with E-state index in [0.29, 0.717) is 24.6 Å². The number of nitrogens with zero attached hydrogens (tertiary/aromatic N) is 4. The monoisotopic (exact) mass is 298 g/mol. The summed E-state index contributed by atoms with van der Waals surface area (Å²) < 4.78 is 6.28. The molecule has 0 saturated heterocycles. The summed E-state index contributed by atoms with van der Waals surface area (Å²) in [5.74, 6) is -0.0498. The third-order valence-corrected chi connectivity index (χ3v) is 3.03. The highest BCUT2D eigenvalue weighted by molar-refractivity contribution is 5.77. The number of nitro groups is 1. The lowest BCUT2D eigenvalue weighted by molar-refractivity contribution is -0.384. The molecule has 118 valence electrons. The Labute approximate surface area is 123 Å². The minimum absolute atomic E-state index is 0.0278. The van der Waals surface area contributed by atoms with E-state index >= 15 is 0 Å². The number of methoxy groups -OCH3 is 1. The second-order valence-corrected chi connectivity index (χ2v) is 4.74. The zero-order valence-electron chi connectivity index (χ0n) is 13.0. The van der Waals surface area contributed by atoms with E-state index in [1.807, 2.05) is 13.8 Å². The van der Waals surface area contributed by atoms with Crippen LogP contribution in [0.25, 0.3) is 0 Å². The highest BCUT2D eigenvalue weighted by Gasteiger charge is 2.30. The largest absolute Gasteiger partial charge is 0.468 e. The first kappa shape index (κ1) is 16.9. The molecule has 8 heteroatoms. The van der Waals surface area contributed by atoms with Gasteiger partial charge < -0.3 is 9.64 Å². The summed E-state index contributed by atoms with van der Waals surface area (Å²) in [6.07, 6.45) is 1.55. The molecule has 0 atom stereocenters. The number of carbonyl (C=O) groups is 1. The molecular weight excluding hydrogens is 276 g/mol. The summed E-state index contributed by atoms with van der Waals surface area (Å²) >= 11 is 0. The van der Waals surface area contributed by atoms with E-state index in [2.05, 4.69) is 9.84 Å². The lowest BCUT2D eigenvalue weighted by Crippen LogP contribution is -2.33. The predicted molar refractivity (Wildman–Crippen MR) is 78.4 cm³/mol. The van der Waals surface area contributed by atoms with Crippen LogP contribution in [0.15, 0.2) is 0 Å². The van der Waals surface area contributed by atoms with Gasteiger partial charge in [-0.05, 0) is 19.8 Å². The van der Waals surface area contributed by atoms with Crippen molar-refractivity contribution >= 4 is 17.5 Å². The van der Waals surface area contributed by atoms with Crippen molar-refractivity contribution in [2.45, 2.75) is 40.2 Å². The van der Waals surface area contributed by atoms with Crippen LogP contribution in [0.5, 0.6) is 0 Å². The van der Waals surface area contributed by atoms with Crippen LogP contribution in [-0.4, -0.2) is 40.9 Å². The van der Waals surface area contributed by atoms with E-state index < -0.39 is 10.9 Å². The Morgan fingerprint density at radius 3 is 2.57 bits per heavy atom. The van der Waals surface area contributed by atoms with E-state index in [4.69, 9.17) is 0 Å². The first-order valence-electron chi connectivity index (χ1n) is 6.99. The number of ether oxygens (including phenoxy) is 1. The van der Waals surface area contributed by atoms with E-state index in [9.17, 15) is 14.9 Å². The van der Waals surface area contributed by atoms with Crippen molar-refractivity contribution in [3.63, 3.8) is 0 Å². The van der Waals surface area contributed by atoms with E-state index in [-0.39, 0.29) is 12.2 Å². The van der Waals surface area contributed by atoms with Gasteiger partial charge in [-0.2, -0.15) is 5.10 Å². The molecule has 0 N–H and O–H groups in total. The standard InChI is InChI=1S/C13H22N4O4/c1-5-7-15(9-11(18)21-4)13-12(17(19)20)10(3)14-16(13)8-6-2/h5-9H2,1-4H3. The second kappa shape index (κ2) is 7.61. The quantitative estimate of drug-likeness (QED) is 0.413. The Balaban J connectivity index is 3.31. The Morgan fingerprint density at radius 2 is 2.10 bits per heavy atom. The molecule has 0 aliphatic carbocycles. The molecule has 0 aromatic carbocycles. The Bertz CT molecular complexity index is 513. The molecule has 0 bridgehead atoms. The average molecular weight is 298 g/mol. The highest BCUT2D eigenvalue weighted by atomic mass is 16.6. The smallest absolute Gasteiger partial charge is 0.333 e. The maximum Gasteiger partial charge on any atom is 0.333 e. The molecule has 0 aliphatic heterocycles. The number of carbonyl (C=O) groups excluding carboxylic acids is 1. The topological polar surface area (TPSA) is 90.5 Å². The van der Waals surface area contributed by atoms with Crippen LogP contribution < -0.4 is 4.90 Å². The predicted octanol–water partition coefficient (Wildman–Crippen LogP) is 1.90. The van der Waals surface area contributed by atoms with Gasteiger partial charge in [0.25, 0.3) is 0 Å². The van der Waals surface area contributed by atoms with Crippen LogP contribution in [0.3, 0.4) is 0 Å². The summed E-state index contributed by atoms with van der Waals surface area (Å²) in [4.78, 5) is 24.1. The van der Waals surface area contributed by atoms with Gasteiger partial charge in [0.2, 0.25) is 5.82 Å². The normalized spacial score (nSPS) is 10.5. The molecule has 0 radical (unpaired) electrons. The minimum Gasteiger partial charge on any atom is -0.468 e. The van der Waals surface area contributed by atoms with Gasteiger partial charge in [0.15, 0.2) is 0 Å². The fraction of sp³-hybridized carbons (Fsp3) is 0.692. The van der Waals surface area contributed by atoms with E-state index in [1.165, 1.54) is 7.11 Å². The summed E-state index contributed by atoms with van der Waals surface area (Å²) in [5.41, 5.74) is 0.315. The number of aryl methyl sites for hydroxylation is 2. The van der Waals surface area contributed by atoms with Crippen LogP contribution in [0.1, 0.15) is 32.4 Å². The van der Waals surface area contributed by atoms with Crippen LogP contribution in [0, 0.1) is 17.0 Å². The molecule has 0 spiro atoms. The summed E-state index contributed by atoms with van der Waals surface area (Å²) in [7, 11) is 1.30. The van der Waals surface area contributed by atoms with Gasteiger partial charge in [-0.3, -0.25) is 14.9 Å². The second-order valence-electron chi connectivity index (χ2n) is 4.74. The van der Waals surface area contributed by atoms with Gasteiger partial charge in [-0.25, -0.2) is 4.68 Å². The third-order valence-electron chi connectivity index (χ3n) is 3.03. The lowest BCUT2D eigenvalue weighted by atomic mass is 10.3. The van der Waals surface area contributed by atoms with Gasteiger partial charge in [-0.1, -0.05) is 13.8 Å².